The Morgan fingerprint density at radius 2 is 1.75 bits per heavy atom. The number of amides is 2. The van der Waals surface area contributed by atoms with E-state index in [1.165, 1.54) is 11.3 Å². The Balaban J connectivity index is 1.30. The van der Waals surface area contributed by atoms with Gasteiger partial charge in [0.25, 0.3) is 0 Å². The lowest BCUT2D eigenvalue weighted by Gasteiger charge is -2.34. The summed E-state index contributed by atoms with van der Waals surface area (Å²) >= 11 is 0. The minimum absolute atomic E-state index is 0.0132. The molecule has 28 heavy (non-hydrogen) atoms. The maximum absolute atomic E-state index is 12.7. The highest BCUT2D eigenvalue weighted by Crippen LogP contribution is 2.30. The molecule has 2 aromatic carbocycles. The molecule has 0 saturated carbocycles. The molecule has 0 unspecified atom stereocenters. The molecular weight excluding hydrogens is 348 g/mol. The highest BCUT2D eigenvalue weighted by atomic mass is 16.2. The summed E-state index contributed by atoms with van der Waals surface area (Å²) in [7, 11) is 3.99. The van der Waals surface area contributed by atoms with E-state index in [0.29, 0.717) is 5.92 Å². The average Bonchev–Trinajstić information content (AvgIpc) is 3.12. The van der Waals surface area contributed by atoms with Gasteiger partial charge < -0.3 is 20.0 Å². The second-order valence-corrected chi connectivity index (χ2v) is 8.10. The van der Waals surface area contributed by atoms with Crippen LogP contribution in [-0.4, -0.2) is 51.2 Å². The third kappa shape index (κ3) is 3.93. The number of carbonyl (C=O) groups excluding carboxylic acids is 1. The van der Waals surface area contributed by atoms with Crippen molar-refractivity contribution in [1.29, 1.82) is 0 Å². The van der Waals surface area contributed by atoms with E-state index in [2.05, 4.69) is 34.5 Å². The van der Waals surface area contributed by atoms with Gasteiger partial charge in [-0.1, -0.05) is 30.3 Å². The van der Waals surface area contributed by atoms with E-state index in [0.717, 1.165) is 56.8 Å². The second kappa shape index (κ2) is 8.13. The number of nitrogens with zero attached hydrogens (tertiary/aromatic N) is 3. The number of nitrogens with one attached hydrogen (secondary N) is 1. The SMILES string of the molecule is CN(C)c1ccccc1NC(=O)N1CCC(CN2CCc3ccccc32)CC1. The molecule has 2 aromatic rings. The van der Waals surface area contributed by atoms with Crippen molar-refractivity contribution in [3.05, 3.63) is 54.1 Å². The maximum Gasteiger partial charge on any atom is 0.321 e. The Kier molecular flexibility index (Phi) is 5.42. The number of carbonyl (C=O) groups is 1. The minimum Gasteiger partial charge on any atom is -0.376 e. The summed E-state index contributed by atoms with van der Waals surface area (Å²) in [6.45, 7) is 3.89. The molecule has 0 aromatic heterocycles. The van der Waals surface area contributed by atoms with E-state index in [1.54, 1.807) is 0 Å². The number of urea groups is 1. The number of fused-ring (bicyclic) bond motifs is 1. The fourth-order valence-electron chi connectivity index (χ4n) is 4.39. The first-order chi connectivity index (χ1) is 13.6. The molecule has 148 valence electrons. The average molecular weight is 379 g/mol. The van der Waals surface area contributed by atoms with Gasteiger partial charge in [-0.2, -0.15) is 0 Å². The van der Waals surface area contributed by atoms with Gasteiger partial charge in [0.2, 0.25) is 0 Å². The van der Waals surface area contributed by atoms with Crippen LogP contribution >= 0.6 is 0 Å². The predicted molar refractivity (Wildman–Crippen MR) is 116 cm³/mol. The van der Waals surface area contributed by atoms with Crippen molar-refractivity contribution in [2.24, 2.45) is 5.92 Å². The summed E-state index contributed by atoms with van der Waals surface area (Å²) in [6, 6.07) is 16.7. The van der Waals surface area contributed by atoms with E-state index in [9.17, 15) is 4.79 Å². The van der Waals surface area contributed by atoms with Crippen molar-refractivity contribution in [3.8, 4) is 0 Å². The summed E-state index contributed by atoms with van der Waals surface area (Å²) in [6.07, 6.45) is 3.30. The zero-order valence-electron chi connectivity index (χ0n) is 16.9. The van der Waals surface area contributed by atoms with Gasteiger partial charge in [-0.3, -0.25) is 0 Å². The Labute approximate surface area is 167 Å². The van der Waals surface area contributed by atoms with E-state index in [4.69, 9.17) is 0 Å². The van der Waals surface area contributed by atoms with Crippen LogP contribution in [0.3, 0.4) is 0 Å². The Bertz CT molecular complexity index is 827. The number of rotatable bonds is 4. The Morgan fingerprint density at radius 1 is 1.04 bits per heavy atom. The van der Waals surface area contributed by atoms with Gasteiger partial charge in [-0.25, -0.2) is 4.79 Å². The van der Waals surface area contributed by atoms with Crippen LogP contribution in [0.5, 0.6) is 0 Å². The number of hydrogen-bond acceptors (Lipinski definition) is 3. The van der Waals surface area contributed by atoms with Crippen LogP contribution < -0.4 is 15.1 Å². The lowest BCUT2D eigenvalue weighted by molar-refractivity contribution is 0.183. The molecule has 0 aliphatic carbocycles. The molecule has 1 saturated heterocycles. The normalized spacial score (nSPS) is 16.8. The van der Waals surface area contributed by atoms with Crippen molar-refractivity contribution in [2.75, 3.05) is 55.4 Å². The molecule has 2 aliphatic heterocycles. The summed E-state index contributed by atoms with van der Waals surface area (Å²) < 4.78 is 0. The molecule has 0 radical (unpaired) electrons. The molecule has 1 N–H and O–H groups in total. The number of anilines is 3. The van der Waals surface area contributed by atoms with Crippen LogP contribution in [0.15, 0.2) is 48.5 Å². The molecule has 5 heteroatoms. The predicted octanol–water partition coefficient (Wildman–Crippen LogP) is 4.06. The lowest BCUT2D eigenvalue weighted by atomic mass is 9.96. The Hall–Kier alpha value is -2.69. The highest BCUT2D eigenvalue weighted by Gasteiger charge is 2.27. The fourth-order valence-corrected chi connectivity index (χ4v) is 4.39. The highest BCUT2D eigenvalue weighted by molar-refractivity contribution is 5.93. The van der Waals surface area contributed by atoms with Crippen LogP contribution in [0.2, 0.25) is 0 Å². The molecule has 5 nitrogen and oxygen atoms in total. The quantitative estimate of drug-likeness (QED) is 0.872. The van der Waals surface area contributed by atoms with Gasteiger partial charge in [-0.05, 0) is 48.9 Å². The van der Waals surface area contributed by atoms with Crippen molar-refractivity contribution >= 4 is 23.1 Å². The van der Waals surface area contributed by atoms with E-state index >= 15 is 0 Å². The van der Waals surface area contributed by atoms with Crippen LogP contribution in [0.1, 0.15) is 18.4 Å². The van der Waals surface area contributed by atoms with Crippen molar-refractivity contribution in [1.82, 2.24) is 4.90 Å². The summed E-state index contributed by atoms with van der Waals surface area (Å²) in [5.41, 5.74) is 4.77. The van der Waals surface area contributed by atoms with Crippen LogP contribution in [-0.2, 0) is 6.42 Å². The molecular formula is C23H30N4O. The van der Waals surface area contributed by atoms with Crippen molar-refractivity contribution < 1.29 is 4.79 Å². The monoisotopic (exact) mass is 378 g/mol. The maximum atomic E-state index is 12.7. The molecule has 0 spiro atoms. The molecule has 0 bridgehead atoms. The third-order valence-electron chi connectivity index (χ3n) is 5.99. The van der Waals surface area contributed by atoms with Crippen molar-refractivity contribution in [3.63, 3.8) is 0 Å². The smallest absolute Gasteiger partial charge is 0.321 e. The third-order valence-corrected chi connectivity index (χ3v) is 5.99. The lowest BCUT2D eigenvalue weighted by Crippen LogP contribution is -2.43. The number of benzene rings is 2. The molecule has 2 aliphatic rings. The van der Waals surface area contributed by atoms with Crippen LogP contribution in [0.25, 0.3) is 0 Å². The largest absolute Gasteiger partial charge is 0.376 e. The topological polar surface area (TPSA) is 38.8 Å². The second-order valence-electron chi connectivity index (χ2n) is 8.10. The molecule has 0 atom stereocenters. The molecule has 2 heterocycles. The first-order valence-corrected chi connectivity index (χ1v) is 10.3. The van der Waals surface area contributed by atoms with E-state index < -0.39 is 0 Å². The number of likely N-dealkylation sites (tertiary alicyclic amines) is 1. The van der Waals surface area contributed by atoms with Crippen molar-refractivity contribution in [2.45, 2.75) is 19.3 Å². The first kappa shape index (κ1) is 18.7. The fraction of sp³-hybridized carbons (Fsp3) is 0.435. The molecule has 4 rings (SSSR count). The number of para-hydroxylation sites is 3. The van der Waals surface area contributed by atoms with Gasteiger partial charge in [0, 0.05) is 46.0 Å². The summed E-state index contributed by atoms with van der Waals surface area (Å²) in [5.74, 6) is 0.657. The number of piperidine rings is 1. The van der Waals surface area contributed by atoms with E-state index in [-0.39, 0.29) is 6.03 Å². The van der Waals surface area contributed by atoms with Gasteiger partial charge >= 0.3 is 6.03 Å². The minimum atomic E-state index is 0.0132. The van der Waals surface area contributed by atoms with Crippen LogP contribution in [0.4, 0.5) is 21.9 Å². The van der Waals surface area contributed by atoms with Gasteiger partial charge in [0.1, 0.15) is 0 Å². The van der Waals surface area contributed by atoms with Crippen LogP contribution in [0, 0.1) is 5.92 Å². The standard InChI is InChI=1S/C23H30N4O/c1-25(2)22-10-6-4-8-20(22)24-23(28)26-14-11-18(12-15-26)17-27-16-13-19-7-3-5-9-21(19)27/h3-10,18H,11-17H2,1-2H3,(H,24,28). The van der Waals surface area contributed by atoms with Gasteiger partial charge in [0.15, 0.2) is 0 Å². The zero-order valence-corrected chi connectivity index (χ0v) is 16.9. The number of hydrogen-bond donors (Lipinski definition) is 1. The van der Waals surface area contributed by atoms with Gasteiger partial charge in [-0.15, -0.1) is 0 Å². The summed E-state index contributed by atoms with van der Waals surface area (Å²) in [4.78, 5) is 19.3. The summed E-state index contributed by atoms with van der Waals surface area (Å²) in [5, 5.41) is 3.10. The Morgan fingerprint density at radius 3 is 2.54 bits per heavy atom. The van der Waals surface area contributed by atoms with Gasteiger partial charge in [0.05, 0.1) is 11.4 Å². The first-order valence-electron chi connectivity index (χ1n) is 10.3. The zero-order chi connectivity index (χ0) is 19.5. The van der Waals surface area contributed by atoms with E-state index in [1.807, 2.05) is 48.2 Å². The molecule has 1 fully saturated rings. The molecule has 2 amide bonds.